The lowest BCUT2D eigenvalue weighted by atomic mass is 10.0. The van der Waals surface area contributed by atoms with Gasteiger partial charge in [-0.15, -0.1) is 0 Å². The second-order valence-electron chi connectivity index (χ2n) is 4.06. The first-order valence-corrected chi connectivity index (χ1v) is 6.43. The van der Waals surface area contributed by atoms with Gasteiger partial charge in [-0.25, -0.2) is 0 Å². The summed E-state index contributed by atoms with van der Waals surface area (Å²) in [5, 5.41) is 9.27. The highest BCUT2D eigenvalue weighted by atomic mass is 79.9. The van der Waals surface area contributed by atoms with Crippen LogP contribution in [0.15, 0.2) is 53.0 Å². The van der Waals surface area contributed by atoms with E-state index in [0.29, 0.717) is 5.57 Å². The quantitative estimate of drug-likeness (QED) is 0.576. The monoisotopic (exact) mass is 297 g/mol. The van der Waals surface area contributed by atoms with Gasteiger partial charge in [-0.1, -0.05) is 64.0 Å². The van der Waals surface area contributed by atoms with Gasteiger partial charge in [0.1, 0.15) is 0 Å². The van der Waals surface area contributed by atoms with Crippen molar-refractivity contribution in [2.24, 2.45) is 0 Å². The molecule has 0 unspecified atom stereocenters. The van der Waals surface area contributed by atoms with Crippen molar-refractivity contribution in [1.29, 1.82) is 5.26 Å². The van der Waals surface area contributed by atoms with Crippen LogP contribution in [-0.4, -0.2) is 0 Å². The van der Waals surface area contributed by atoms with Gasteiger partial charge in [0.2, 0.25) is 0 Å². The lowest BCUT2D eigenvalue weighted by Crippen LogP contribution is -1.83. The molecule has 2 aromatic carbocycles. The topological polar surface area (TPSA) is 23.8 Å². The summed E-state index contributed by atoms with van der Waals surface area (Å²) in [6.07, 6.45) is 1.90. The zero-order valence-electron chi connectivity index (χ0n) is 10.0. The molecule has 0 heterocycles. The van der Waals surface area contributed by atoms with Crippen LogP contribution in [0.25, 0.3) is 11.6 Å². The van der Waals surface area contributed by atoms with E-state index in [0.717, 1.165) is 15.6 Å². The summed E-state index contributed by atoms with van der Waals surface area (Å²) in [6, 6.07) is 18.1. The number of allylic oxidation sites excluding steroid dienone is 1. The van der Waals surface area contributed by atoms with Gasteiger partial charge in [-0.3, -0.25) is 0 Å². The number of nitriles is 1. The molecule has 0 aliphatic heterocycles. The van der Waals surface area contributed by atoms with Gasteiger partial charge in [0, 0.05) is 4.47 Å². The summed E-state index contributed by atoms with van der Waals surface area (Å²) >= 11 is 3.48. The molecule has 0 saturated heterocycles. The Kier molecular flexibility index (Phi) is 3.96. The number of halogens is 1. The third-order valence-electron chi connectivity index (χ3n) is 2.69. The number of benzene rings is 2. The molecule has 0 N–H and O–H groups in total. The van der Waals surface area contributed by atoms with Crippen LogP contribution in [0, 0.1) is 18.3 Å². The standard InChI is InChI=1S/C16H12BrN/c1-12-6-8-13(9-7-12)15(11-18)10-14-4-2-3-5-16(14)17/h2-10H,1H3/b15-10-. The van der Waals surface area contributed by atoms with E-state index in [1.165, 1.54) is 5.56 Å². The average molecular weight is 298 g/mol. The Hall–Kier alpha value is -1.85. The highest BCUT2D eigenvalue weighted by Crippen LogP contribution is 2.23. The average Bonchev–Trinajstić information content (AvgIpc) is 2.39. The van der Waals surface area contributed by atoms with Crippen molar-refractivity contribution < 1.29 is 0 Å². The lowest BCUT2D eigenvalue weighted by molar-refractivity contribution is 1.45. The van der Waals surface area contributed by atoms with Gasteiger partial charge in [-0.05, 0) is 30.2 Å². The number of aryl methyl sites for hydroxylation is 1. The Labute approximate surface area is 116 Å². The molecule has 0 aromatic heterocycles. The number of rotatable bonds is 2. The highest BCUT2D eigenvalue weighted by Gasteiger charge is 2.02. The fourth-order valence-electron chi connectivity index (χ4n) is 1.66. The van der Waals surface area contributed by atoms with Gasteiger partial charge in [-0.2, -0.15) is 5.26 Å². The van der Waals surface area contributed by atoms with Crippen LogP contribution in [0.5, 0.6) is 0 Å². The maximum absolute atomic E-state index is 9.27. The van der Waals surface area contributed by atoms with Gasteiger partial charge in [0.25, 0.3) is 0 Å². The van der Waals surface area contributed by atoms with Crippen molar-refractivity contribution in [2.45, 2.75) is 6.92 Å². The van der Waals surface area contributed by atoms with Gasteiger partial charge >= 0.3 is 0 Å². The maximum Gasteiger partial charge on any atom is 0.0998 e. The van der Waals surface area contributed by atoms with Gasteiger partial charge < -0.3 is 0 Å². The van der Waals surface area contributed by atoms with E-state index in [4.69, 9.17) is 0 Å². The largest absolute Gasteiger partial charge is 0.192 e. The van der Waals surface area contributed by atoms with Crippen LogP contribution in [0.3, 0.4) is 0 Å². The van der Waals surface area contributed by atoms with E-state index < -0.39 is 0 Å². The molecule has 0 amide bonds. The molecule has 0 aliphatic rings. The molecule has 0 spiro atoms. The molecule has 2 heteroatoms. The normalized spacial score (nSPS) is 11.1. The van der Waals surface area contributed by atoms with Crippen LogP contribution in [0.2, 0.25) is 0 Å². The van der Waals surface area contributed by atoms with Crippen LogP contribution in [0.4, 0.5) is 0 Å². The summed E-state index contributed by atoms with van der Waals surface area (Å²) in [4.78, 5) is 0. The molecule has 0 atom stereocenters. The Morgan fingerprint density at radius 2 is 1.78 bits per heavy atom. The molecule has 0 saturated carbocycles. The SMILES string of the molecule is Cc1ccc(/C(C#N)=C\c2ccccc2Br)cc1. The zero-order chi connectivity index (χ0) is 13.0. The molecule has 18 heavy (non-hydrogen) atoms. The summed E-state index contributed by atoms with van der Waals surface area (Å²) in [7, 11) is 0. The molecular weight excluding hydrogens is 286 g/mol. The molecule has 0 fully saturated rings. The molecule has 88 valence electrons. The first-order chi connectivity index (χ1) is 8.70. The van der Waals surface area contributed by atoms with E-state index >= 15 is 0 Å². The Morgan fingerprint density at radius 1 is 1.11 bits per heavy atom. The van der Waals surface area contributed by atoms with Crippen molar-refractivity contribution in [2.75, 3.05) is 0 Å². The zero-order valence-corrected chi connectivity index (χ0v) is 11.6. The Balaban J connectivity index is 2.44. The fourth-order valence-corrected chi connectivity index (χ4v) is 2.06. The number of hydrogen-bond acceptors (Lipinski definition) is 1. The first kappa shape index (κ1) is 12.6. The summed E-state index contributed by atoms with van der Waals surface area (Å²) in [6.45, 7) is 2.04. The van der Waals surface area contributed by atoms with Gasteiger partial charge in [0.05, 0.1) is 11.6 Å². The van der Waals surface area contributed by atoms with E-state index in [-0.39, 0.29) is 0 Å². The minimum absolute atomic E-state index is 0.668. The predicted molar refractivity (Wildman–Crippen MR) is 78.8 cm³/mol. The lowest BCUT2D eigenvalue weighted by Gasteiger charge is -2.02. The van der Waals surface area contributed by atoms with Crippen molar-refractivity contribution in [3.63, 3.8) is 0 Å². The number of hydrogen-bond donors (Lipinski definition) is 0. The van der Waals surface area contributed by atoms with Crippen molar-refractivity contribution >= 4 is 27.6 Å². The molecule has 0 aliphatic carbocycles. The first-order valence-electron chi connectivity index (χ1n) is 5.64. The van der Waals surface area contributed by atoms with E-state index in [2.05, 4.69) is 22.0 Å². The van der Waals surface area contributed by atoms with Crippen LogP contribution < -0.4 is 0 Å². The molecular formula is C16H12BrN. The molecule has 1 nitrogen and oxygen atoms in total. The molecule has 0 bridgehead atoms. The second kappa shape index (κ2) is 5.66. The summed E-state index contributed by atoms with van der Waals surface area (Å²) in [5.74, 6) is 0. The molecule has 0 radical (unpaired) electrons. The minimum atomic E-state index is 0.668. The van der Waals surface area contributed by atoms with E-state index in [1.54, 1.807) is 0 Å². The minimum Gasteiger partial charge on any atom is -0.192 e. The van der Waals surface area contributed by atoms with Crippen molar-refractivity contribution in [3.05, 3.63) is 69.7 Å². The predicted octanol–water partition coefficient (Wildman–Crippen LogP) is 4.82. The molecule has 2 aromatic rings. The molecule has 2 rings (SSSR count). The smallest absolute Gasteiger partial charge is 0.0998 e. The van der Waals surface area contributed by atoms with Gasteiger partial charge in [0.15, 0.2) is 0 Å². The third-order valence-corrected chi connectivity index (χ3v) is 3.41. The van der Waals surface area contributed by atoms with Crippen molar-refractivity contribution in [3.8, 4) is 6.07 Å². The second-order valence-corrected chi connectivity index (χ2v) is 4.91. The van der Waals surface area contributed by atoms with Crippen LogP contribution in [0.1, 0.15) is 16.7 Å². The van der Waals surface area contributed by atoms with Crippen LogP contribution >= 0.6 is 15.9 Å². The highest BCUT2D eigenvalue weighted by molar-refractivity contribution is 9.10. The summed E-state index contributed by atoms with van der Waals surface area (Å²) < 4.78 is 0.991. The Bertz CT molecular complexity index is 618. The fraction of sp³-hybridized carbons (Fsp3) is 0.0625. The van der Waals surface area contributed by atoms with E-state index in [1.807, 2.05) is 61.5 Å². The van der Waals surface area contributed by atoms with Crippen molar-refractivity contribution in [1.82, 2.24) is 0 Å². The van der Waals surface area contributed by atoms with Crippen LogP contribution in [-0.2, 0) is 0 Å². The number of nitrogens with zero attached hydrogens (tertiary/aromatic N) is 1. The maximum atomic E-state index is 9.27. The Morgan fingerprint density at radius 3 is 2.39 bits per heavy atom. The summed E-state index contributed by atoms with van der Waals surface area (Å²) in [5.41, 5.74) is 3.81. The van der Waals surface area contributed by atoms with E-state index in [9.17, 15) is 5.26 Å². The third kappa shape index (κ3) is 2.88.